The molecule has 0 amide bonds. The van der Waals surface area contributed by atoms with Gasteiger partial charge in [0.15, 0.2) is 0 Å². The molecule has 3 heteroatoms. The monoisotopic (exact) mass is 240 g/mol. The molecule has 0 aromatic rings. The van der Waals surface area contributed by atoms with Crippen molar-refractivity contribution in [3.8, 4) is 0 Å². The summed E-state index contributed by atoms with van der Waals surface area (Å²) in [6.45, 7) is 4.17. The van der Waals surface area contributed by atoms with Gasteiger partial charge in [-0.2, -0.15) is 0 Å². The predicted molar refractivity (Wildman–Crippen MR) is 70.4 cm³/mol. The summed E-state index contributed by atoms with van der Waals surface area (Å²) in [7, 11) is 0. The molecule has 2 aliphatic rings. The molecule has 100 valence electrons. The highest BCUT2D eigenvalue weighted by Crippen LogP contribution is 2.36. The highest BCUT2D eigenvalue weighted by molar-refractivity contribution is 4.86. The summed E-state index contributed by atoms with van der Waals surface area (Å²) in [5.74, 6) is 8.31. The number of ether oxygens (including phenoxy) is 1. The topological polar surface area (TPSA) is 47.3 Å². The second-order valence-electron chi connectivity index (χ2n) is 5.83. The van der Waals surface area contributed by atoms with Crippen LogP contribution >= 0.6 is 0 Å². The molecule has 0 spiro atoms. The molecule has 1 heterocycles. The van der Waals surface area contributed by atoms with Crippen LogP contribution in [-0.2, 0) is 4.74 Å². The van der Waals surface area contributed by atoms with E-state index in [4.69, 9.17) is 10.6 Å². The smallest absolute Gasteiger partial charge is 0.0469 e. The number of nitrogens with two attached hydrogens (primary N) is 1. The van der Waals surface area contributed by atoms with Crippen LogP contribution in [-0.4, -0.2) is 19.3 Å². The van der Waals surface area contributed by atoms with Gasteiger partial charge in [0.05, 0.1) is 0 Å². The van der Waals surface area contributed by atoms with Gasteiger partial charge in [-0.1, -0.05) is 26.2 Å². The fraction of sp³-hybridized carbons (Fsp3) is 1.00. The van der Waals surface area contributed by atoms with E-state index in [1.165, 1.54) is 44.9 Å². The number of hydrazine groups is 1. The Morgan fingerprint density at radius 1 is 1.06 bits per heavy atom. The predicted octanol–water partition coefficient (Wildman–Crippen LogP) is 2.46. The molecular weight excluding hydrogens is 212 g/mol. The van der Waals surface area contributed by atoms with Gasteiger partial charge in [0.2, 0.25) is 0 Å². The molecule has 1 aliphatic carbocycles. The zero-order valence-corrected chi connectivity index (χ0v) is 11.2. The van der Waals surface area contributed by atoms with Gasteiger partial charge in [-0.3, -0.25) is 11.3 Å². The van der Waals surface area contributed by atoms with Crippen molar-refractivity contribution in [3.63, 3.8) is 0 Å². The molecule has 0 radical (unpaired) electrons. The summed E-state index contributed by atoms with van der Waals surface area (Å²) in [6, 6.07) is 0.525. The van der Waals surface area contributed by atoms with E-state index in [0.29, 0.717) is 6.04 Å². The Balaban J connectivity index is 1.85. The molecule has 3 nitrogen and oxygen atoms in total. The van der Waals surface area contributed by atoms with Crippen LogP contribution in [0.15, 0.2) is 0 Å². The third-order valence-electron chi connectivity index (χ3n) is 4.94. The van der Waals surface area contributed by atoms with Crippen LogP contribution in [0.25, 0.3) is 0 Å². The van der Waals surface area contributed by atoms with Gasteiger partial charge < -0.3 is 4.74 Å². The van der Waals surface area contributed by atoms with E-state index >= 15 is 0 Å². The average molecular weight is 240 g/mol. The van der Waals surface area contributed by atoms with Crippen molar-refractivity contribution >= 4 is 0 Å². The van der Waals surface area contributed by atoms with Gasteiger partial charge in [-0.05, 0) is 43.4 Å². The van der Waals surface area contributed by atoms with E-state index in [2.05, 4.69) is 12.3 Å². The first-order chi connectivity index (χ1) is 8.35. The molecule has 1 atom stereocenters. The third kappa shape index (κ3) is 3.43. The van der Waals surface area contributed by atoms with E-state index < -0.39 is 0 Å². The summed E-state index contributed by atoms with van der Waals surface area (Å²) < 4.78 is 5.45. The maximum atomic E-state index is 5.81. The van der Waals surface area contributed by atoms with Crippen LogP contribution in [0.3, 0.4) is 0 Å². The van der Waals surface area contributed by atoms with E-state index in [1.54, 1.807) is 0 Å². The second-order valence-corrected chi connectivity index (χ2v) is 5.83. The maximum absolute atomic E-state index is 5.81. The van der Waals surface area contributed by atoms with Crippen LogP contribution in [0, 0.1) is 17.8 Å². The third-order valence-corrected chi connectivity index (χ3v) is 4.94. The lowest BCUT2D eigenvalue weighted by atomic mass is 9.73. The van der Waals surface area contributed by atoms with Crippen molar-refractivity contribution < 1.29 is 4.74 Å². The van der Waals surface area contributed by atoms with Gasteiger partial charge in [0.25, 0.3) is 0 Å². The van der Waals surface area contributed by atoms with Gasteiger partial charge in [-0.15, -0.1) is 0 Å². The van der Waals surface area contributed by atoms with E-state index in [-0.39, 0.29) is 0 Å². The van der Waals surface area contributed by atoms with Crippen LogP contribution in [0.2, 0.25) is 0 Å². The molecule has 1 unspecified atom stereocenters. The second kappa shape index (κ2) is 6.72. The lowest BCUT2D eigenvalue weighted by molar-refractivity contribution is 0.0383. The number of hydrogen-bond donors (Lipinski definition) is 2. The first kappa shape index (κ1) is 13.3. The molecule has 2 fully saturated rings. The van der Waals surface area contributed by atoms with Crippen molar-refractivity contribution in [2.75, 3.05) is 13.2 Å². The lowest BCUT2D eigenvalue weighted by Gasteiger charge is -2.38. The SMILES string of the molecule is CCC1CCC(C(NN)C2CCOCC2)CC1. The van der Waals surface area contributed by atoms with E-state index in [0.717, 1.165) is 31.0 Å². The molecule has 2 rings (SSSR count). The minimum Gasteiger partial charge on any atom is -0.381 e. The Kier molecular flexibility index (Phi) is 5.26. The number of nitrogens with one attached hydrogen (secondary N) is 1. The van der Waals surface area contributed by atoms with Gasteiger partial charge in [0, 0.05) is 19.3 Å². The highest BCUT2D eigenvalue weighted by Gasteiger charge is 2.32. The van der Waals surface area contributed by atoms with Crippen molar-refractivity contribution in [2.24, 2.45) is 23.6 Å². The normalized spacial score (nSPS) is 33.5. The largest absolute Gasteiger partial charge is 0.381 e. The lowest BCUT2D eigenvalue weighted by Crippen LogP contribution is -2.48. The summed E-state index contributed by atoms with van der Waals surface area (Å²) in [4.78, 5) is 0. The molecular formula is C14H28N2O. The fourth-order valence-corrected chi connectivity index (χ4v) is 3.69. The molecule has 0 aromatic carbocycles. The Labute approximate surface area is 105 Å². The van der Waals surface area contributed by atoms with E-state index in [9.17, 15) is 0 Å². The molecule has 0 bridgehead atoms. The molecule has 3 N–H and O–H groups in total. The Bertz CT molecular complexity index is 208. The number of rotatable bonds is 4. The summed E-state index contributed by atoms with van der Waals surface area (Å²) in [6.07, 6.45) is 9.26. The first-order valence-electron chi connectivity index (χ1n) is 7.39. The molecule has 1 aliphatic heterocycles. The number of hydrogen-bond acceptors (Lipinski definition) is 3. The Hall–Kier alpha value is -0.120. The van der Waals surface area contributed by atoms with Crippen LogP contribution in [0.4, 0.5) is 0 Å². The zero-order valence-electron chi connectivity index (χ0n) is 11.2. The van der Waals surface area contributed by atoms with Crippen molar-refractivity contribution in [1.29, 1.82) is 0 Å². The van der Waals surface area contributed by atoms with Crippen LogP contribution in [0.5, 0.6) is 0 Å². The van der Waals surface area contributed by atoms with Crippen molar-refractivity contribution in [3.05, 3.63) is 0 Å². The van der Waals surface area contributed by atoms with Gasteiger partial charge >= 0.3 is 0 Å². The Morgan fingerprint density at radius 3 is 2.18 bits per heavy atom. The zero-order chi connectivity index (χ0) is 12.1. The van der Waals surface area contributed by atoms with Crippen LogP contribution in [0.1, 0.15) is 51.9 Å². The standard InChI is InChI=1S/C14H28N2O/c1-2-11-3-5-12(6-4-11)14(16-15)13-7-9-17-10-8-13/h11-14,16H,2-10,15H2,1H3. The van der Waals surface area contributed by atoms with Gasteiger partial charge in [0.1, 0.15) is 0 Å². The summed E-state index contributed by atoms with van der Waals surface area (Å²) in [5, 5.41) is 0. The quantitative estimate of drug-likeness (QED) is 0.586. The summed E-state index contributed by atoms with van der Waals surface area (Å²) >= 11 is 0. The van der Waals surface area contributed by atoms with Crippen molar-refractivity contribution in [2.45, 2.75) is 57.9 Å². The fourth-order valence-electron chi connectivity index (χ4n) is 3.69. The molecule has 1 saturated carbocycles. The minimum atomic E-state index is 0.525. The maximum Gasteiger partial charge on any atom is 0.0469 e. The van der Waals surface area contributed by atoms with Gasteiger partial charge in [-0.25, -0.2) is 0 Å². The average Bonchev–Trinajstić information content (AvgIpc) is 2.42. The molecule has 1 saturated heterocycles. The minimum absolute atomic E-state index is 0.525. The molecule has 0 aromatic heterocycles. The van der Waals surface area contributed by atoms with E-state index in [1.807, 2.05) is 0 Å². The first-order valence-corrected chi connectivity index (χ1v) is 7.39. The Morgan fingerprint density at radius 2 is 1.65 bits per heavy atom. The summed E-state index contributed by atoms with van der Waals surface area (Å²) in [5.41, 5.74) is 3.12. The van der Waals surface area contributed by atoms with Crippen molar-refractivity contribution in [1.82, 2.24) is 5.43 Å². The molecule has 17 heavy (non-hydrogen) atoms. The van der Waals surface area contributed by atoms with Crippen LogP contribution < -0.4 is 11.3 Å². The highest BCUT2D eigenvalue weighted by atomic mass is 16.5.